The number of fused-ring (bicyclic) bond motifs is 3. The number of nitrogens with zero attached hydrogens (tertiary/aromatic N) is 5. The Hall–Kier alpha value is -2.79. The van der Waals surface area contributed by atoms with E-state index in [1.165, 1.54) is 0 Å². The molecule has 1 fully saturated rings. The minimum Gasteiger partial charge on any atom is -0.399 e. The maximum absolute atomic E-state index is 9.98. The van der Waals surface area contributed by atoms with Gasteiger partial charge >= 0.3 is 0 Å². The molecule has 1 aromatic carbocycles. The van der Waals surface area contributed by atoms with E-state index in [0.717, 1.165) is 5.56 Å². The molecule has 30 heavy (non-hydrogen) atoms. The highest BCUT2D eigenvalue weighted by Gasteiger charge is 2.41. The van der Waals surface area contributed by atoms with E-state index in [1.807, 2.05) is 28.8 Å². The van der Waals surface area contributed by atoms with Crippen LogP contribution in [0.3, 0.4) is 0 Å². The number of nitrogens with two attached hydrogens (primary N) is 1. The van der Waals surface area contributed by atoms with Crippen LogP contribution in [0.25, 0.3) is 22.6 Å². The van der Waals surface area contributed by atoms with Gasteiger partial charge in [-0.15, -0.1) is 0 Å². The van der Waals surface area contributed by atoms with E-state index in [-0.39, 0.29) is 13.2 Å². The first-order valence-corrected chi connectivity index (χ1v) is 9.98. The second kappa shape index (κ2) is 7.47. The number of nitrogen functional groups attached to an aromatic ring is 1. The maximum Gasteiger partial charge on any atom is 0.171 e. The van der Waals surface area contributed by atoms with Crippen molar-refractivity contribution in [3.8, 4) is 11.4 Å². The molecule has 2 aliphatic heterocycles. The molecule has 4 heterocycles. The fourth-order valence-electron chi connectivity index (χ4n) is 3.98. The van der Waals surface area contributed by atoms with Crippen molar-refractivity contribution in [1.82, 2.24) is 19.5 Å². The molecule has 0 saturated carbocycles. The van der Waals surface area contributed by atoms with Crippen LogP contribution in [-0.2, 0) is 21.6 Å². The van der Waals surface area contributed by atoms with Crippen molar-refractivity contribution in [3.63, 3.8) is 0 Å². The molecule has 1 saturated heterocycles. The molecule has 0 bridgehead atoms. The van der Waals surface area contributed by atoms with Crippen molar-refractivity contribution in [2.24, 2.45) is 0 Å². The highest BCUT2D eigenvalue weighted by Crippen LogP contribution is 2.35. The third-order valence-electron chi connectivity index (χ3n) is 5.67. The zero-order valence-electron chi connectivity index (χ0n) is 16.5. The zero-order valence-corrected chi connectivity index (χ0v) is 16.5. The summed E-state index contributed by atoms with van der Waals surface area (Å²) in [6.07, 6.45) is 0. The summed E-state index contributed by atoms with van der Waals surface area (Å²) in [5.74, 6) is 1.74. The fourth-order valence-corrected chi connectivity index (χ4v) is 3.98. The molecular weight excluding hydrogens is 388 g/mol. The molecule has 158 valence electrons. The first-order chi connectivity index (χ1) is 14.6. The predicted octanol–water partition coefficient (Wildman–Crippen LogP) is 0.122. The highest BCUT2D eigenvalue weighted by atomic mass is 16.5. The van der Waals surface area contributed by atoms with Crippen LogP contribution in [0.4, 0.5) is 11.5 Å². The second-order valence-electron chi connectivity index (χ2n) is 7.51. The fraction of sp³-hybridized carbons (Fsp3) is 0.450. The van der Waals surface area contributed by atoms with E-state index in [2.05, 4.69) is 4.90 Å². The molecule has 2 aliphatic rings. The normalized spacial score (nSPS) is 18.5. The van der Waals surface area contributed by atoms with Gasteiger partial charge in [-0.05, 0) is 24.3 Å². The molecule has 0 atom stereocenters. The van der Waals surface area contributed by atoms with E-state index in [9.17, 15) is 10.2 Å². The third-order valence-corrected chi connectivity index (χ3v) is 5.67. The van der Waals surface area contributed by atoms with Crippen molar-refractivity contribution < 1.29 is 19.7 Å². The minimum absolute atomic E-state index is 0.341. The van der Waals surface area contributed by atoms with E-state index < -0.39 is 5.60 Å². The third kappa shape index (κ3) is 3.00. The number of anilines is 2. The van der Waals surface area contributed by atoms with Gasteiger partial charge in [0.05, 0.1) is 33.0 Å². The van der Waals surface area contributed by atoms with E-state index in [1.54, 1.807) is 0 Å². The smallest absolute Gasteiger partial charge is 0.171 e. The summed E-state index contributed by atoms with van der Waals surface area (Å²) in [4.78, 5) is 16.5. The summed E-state index contributed by atoms with van der Waals surface area (Å²) < 4.78 is 13.2. The van der Waals surface area contributed by atoms with Crippen molar-refractivity contribution in [2.75, 3.05) is 56.8 Å². The first-order valence-electron chi connectivity index (χ1n) is 9.98. The van der Waals surface area contributed by atoms with Gasteiger partial charge in [0.25, 0.3) is 0 Å². The van der Waals surface area contributed by atoms with Crippen LogP contribution in [0, 0.1) is 0 Å². The number of aromatic nitrogens is 4. The molecule has 0 unspecified atom stereocenters. The first kappa shape index (κ1) is 19.2. The number of ether oxygens (including phenoxy) is 2. The second-order valence-corrected chi connectivity index (χ2v) is 7.51. The number of rotatable bonds is 4. The molecule has 3 aromatic rings. The number of hydrogen-bond acceptors (Lipinski definition) is 9. The van der Waals surface area contributed by atoms with Crippen molar-refractivity contribution in [3.05, 3.63) is 30.1 Å². The zero-order chi connectivity index (χ0) is 20.7. The Bertz CT molecular complexity index is 1060. The SMILES string of the molecule is Nc1ccc(-c2nc(N3CCOCC3)c3nc4n(c3n2)CCOC4(CO)CO)cc1. The van der Waals surface area contributed by atoms with Gasteiger partial charge in [-0.3, -0.25) is 0 Å². The highest BCUT2D eigenvalue weighted by molar-refractivity contribution is 5.86. The quantitative estimate of drug-likeness (QED) is 0.511. The Morgan fingerprint density at radius 3 is 2.40 bits per heavy atom. The van der Waals surface area contributed by atoms with Gasteiger partial charge in [0, 0.05) is 30.9 Å². The largest absolute Gasteiger partial charge is 0.399 e. The number of imidazole rings is 1. The Kier molecular flexibility index (Phi) is 4.78. The number of aliphatic hydroxyl groups excluding tert-OH is 2. The lowest BCUT2D eigenvalue weighted by Gasteiger charge is -2.33. The summed E-state index contributed by atoms with van der Waals surface area (Å²) in [6, 6.07) is 7.42. The number of benzene rings is 1. The lowest BCUT2D eigenvalue weighted by atomic mass is 10.0. The van der Waals surface area contributed by atoms with Crippen molar-refractivity contribution >= 4 is 22.7 Å². The predicted molar refractivity (Wildman–Crippen MR) is 110 cm³/mol. The average Bonchev–Trinajstić information content (AvgIpc) is 3.19. The van der Waals surface area contributed by atoms with E-state index in [0.29, 0.717) is 73.8 Å². The van der Waals surface area contributed by atoms with Gasteiger partial charge in [-0.25, -0.2) is 15.0 Å². The Balaban J connectivity index is 1.75. The molecule has 10 heteroatoms. The van der Waals surface area contributed by atoms with Gasteiger partial charge in [0.2, 0.25) is 0 Å². The molecule has 5 rings (SSSR count). The summed E-state index contributed by atoms with van der Waals surface area (Å²) in [7, 11) is 0. The van der Waals surface area contributed by atoms with E-state index in [4.69, 9.17) is 30.2 Å². The lowest BCUT2D eigenvalue weighted by molar-refractivity contribution is -0.136. The standard InChI is InChI=1S/C20H24N6O4/c21-14-3-1-13(2-4-14)16-23-17(25-5-8-29-9-6-25)15-18(24-16)26-7-10-30-20(11-27,12-28)19(26)22-15/h1-4,27-28H,5-12,21H2. The molecule has 0 spiro atoms. The molecule has 4 N–H and O–H groups in total. The summed E-state index contributed by atoms with van der Waals surface area (Å²) in [5.41, 5.74) is 7.38. The number of aliphatic hydroxyl groups is 2. The molecule has 2 aromatic heterocycles. The van der Waals surface area contributed by atoms with Gasteiger partial charge in [0.15, 0.2) is 28.4 Å². The van der Waals surface area contributed by atoms with Crippen molar-refractivity contribution in [1.29, 1.82) is 0 Å². The molecule has 0 aliphatic carbocycles. The van der Waals surface area contributed by atoms with Crippen molar-refractivity contribution in [2.45, 2.75) is 12.1 Å². The molecule has 0 amide bonds. The van der Waals surface area contributed by atoms with Crippen LogP contribution in [0.15, 0.2) is 24.3 Å². The van der Waals surface area contributed by atoms with Crippen LogP contribution < -0.4 is 10.6 Å². The maximum atomic E-state index is 9.98. The van der Waals surface area contributed by atoms with Crippen LogP contribution in [0.5, 0.6) is 0 Å². The van der Waals surface area contributed by atoms with Gasteiger partial charge in [-0.1, -0.05) is 0 Å². The minimum atomic E-state index is -1.26. The lowest BCUT2D eigenvalue weighted by Crippen LogP contribution is -2.44. The Morgan fingerprint density at radius 1 is 0.967 bits per heavy atom. The van der Waals surface area contributed by atoms with Crippen LogP contribution in [0.2, 0.25) is 0 Å². The van der Waals surface area contributed by atoms with Crippen LogP contribution >= 0.6 is 0 Å². The van der Waals surface area contributed by atoms with Gasteiger partial charge in [0.1, 0.15) is 5.82 Å². The number of hydrogen-bond donors (Lipinski definition) is 3. The monoisotopic (exact) mass is 412 g/mol. The van der Waals surface area contributed by atoms with Crippen LogP contribution in [0.1, 0.15) is 5.82 Å². The summed E-state index contributed by atoms with van der Waals surface area (Å²) >= 11 is 0. The molecular formula is C20H24N6O4. The Morgan fingerprint density at radius 2 is 1.70 bits per heavy atom. The average molecular weight is 412 g/mol. The van der Waals surface area contributed by atoms with E-state index >= 15 is 0 Å². The molecule has 10 nitrogen and oxygen atoms in total. The van der Waals surface area contributed by atoms with Gasteiger partial charge < -0.3 is 34.9 Å². The van der Waals surface area contributed by atoms with Crippen LogP contribution in [-0.4, -0.2) is 75.9 Å². The van der Waals surface area contributed by atoms with Gasteiger partial charge in [-0.2, -0.15) is 0 Å². The number of morpholine rings is 1. The Labute approximate surface area is 172 Å². The topological polar surface area (TPSA) is 132 Å². The summed E-state index contributed by atoms with van der Waals surface area (Å²) in [5, 5.41) is 20.0. The molecule has 0 radical (unpaired) electrons. The summed E-state index contributed by atoms with van der Waals surface area (Å²) in [6.45, 7) is 2.71.